The Hall–Kier alpha value is -5.57. The maximum atomic E-state index is 13.9. The van der Waals surface area contributed by atoms with Gasteiger partial charge in [-0.1, -0.05) is 99.3 Å². The molecule has 0 aliphatic heterocycles. The Bertz CT molecular complexity index is 3760. The van der Waals surface area contributed by atoms with Gasteiger partial charge in [-0.15, -0.1) is 18.2 Å². The van der Waals surface area contributed by atoms with Crippen LogP contribution in [0.2, 0.25) is 17.3 Å². The first-order valence-corrected chi connectivity index (χ1v) is 32.1. The largest absolute Gasteiger partial charge is 0.333 e. The summed E-state index contributed by atoms with van der Waals surface area (Å²) in [5, 5.41) is 2.02. The molecule has 10 rings (SSSR count). The van der Waals surface area contributed by atoms with E-state index in [2.05, 4.69) is 103 Å². The zero-order valence-electron chi connectivity index (χ0n) is 48.9. The van der Waals surface area contributed by atoms with Gasteiger partial charge >= 0.3 is 145 Å². The summed E-state index contributed by atoms with van der Waals surface area (Å²) >= 11 is -0.804. The quantitative estimate of drug-likeness (QED) is 0.101. The molecule has 10 aromatic rings. The van der Waals surface area contributed by atoms with Gasteiger partial charge in [0.25, 0.3) is 0 Å². The zero-order chi connectivity index (χ0) is 55.6. The number of halogens is 1. The number of hydrogen-bond donors (Lipinski definition) is 0. The fraction of sp³-hybridized carbons (Fsp3) is 0.254. The molecule has 0 saturated heterocycles. The van der Waals surface area contributed by atoms with Gasteiger partial charge < -0.3 is 4.57 Å². The summed E-state index contributed by atoms with van der Waals surface area (Å²) < 4.78 is 76.2. The van der Waals surface area contributed by atoms with Crippen molar-refractivity contribution in [3.63, 3.8) is 0 Å². The van der Waals surface area contributed by atoms with Gasteiger partial charge in [0.2, 0.25) is 0 Å². The fourth-order valence-corrected chi connectivity index (χ4v) is 13.0. The van der Waals surface area contributed by atoms with Crippen LogP contribution >= 0.6 is 11.3 Å². The van der Waals surface area contributed by atoms with E-state index in [0.717, 1.165) is 63.9 Å². The summed E-state index contributed by atoms with van der Waals surface area (Å²) in [6.07, 6.45) is -1.44. The van der Waals surface area contributed by atoms with E-state index < -0.39 is 38.3 Å². The average Bonchev–Trinajstić information content (AvgIpc) is 4.11. The second-order valence-electron chi connectivity index (χ2n) is 20.5. The van der Waals surface area contributed by atoms with Crippen LogP contribution in [0.5, 0.6) is 0 Å². The Kier molecular flexibility index (Phi) is 12.9. The van der Waals surface area contributed by atoms with Crippen molar-refractivity contribution in [2.75, 3.05) is 0 Å². The molecule has 0 amide bonds. The molecular formula is C63H63FGeIrN4S-2. The van der Waals surface area contributed by atoms with Crippen molar-refractivity contribution in [3.05, 3.63) is 197 Å². The van der Waals surface area contributed by atoms with Gasteiger partial charge in [-0.05, 0) is 92.2 Å². The summed E-state index contributed by atoms with van der Waals surface area (Å²) in [4.78, 5) is 15.5. The monoisotopic (exact) mass is 1200 g/mol. The molecule has 0 fully saturated rings. The molecule has 4 heterocycles. The number of para-hydroxylation sites is 2. The van der Waals surface area contributed by atoms with E-state index in [-0.39, 0.29) is 43.3 Å². The van der Waals surface area contributed by atoms with Gasteiger partial charge in [-0.2, -0.15) is 11.3 Å². The number of pyridine rings is 2. The number of imidazole rings is 1. The predicted molar refractivity (Wildman–Crippen MR) is 298 cm³/mol. The zero-order valence-corrected chi connectivity index (χ0v) is 47.2. The molecule has 363 valence electrons. The van der Waals surface area contributed by atoms with Gasteiger partial charge in [-0.25, -0.2) is 9.37 Å². The van der Waals surface area contributed by atoms with E-state index in [1.165, 1.54) is 29.3 Å². The number of nitrogens with zero attached hydrogens (tertiary/aromatic N) is 4. The fourth-order valence-electron chi connectivity index (χ4n) is 8.87. The number of aryl methyl sites for hydroxylation is 1. The van der Waals surface area contributed by atoms with E-state index in [9.17, 15) is 4.39 Å². The Labute approximate surface area is 450 Å². The Morgan fingerprint density at radius 2 is 1.48 bits per heavy atom. The minimum atomic E-state index is -2.36. The molecule has 0 spiro atoms. The predicted octanol–water partition coefficient (Wildman–Crippen LogP) is 16.9. The minimum Gasteiger partial charge on any atom is -0.333 e. The first-order chi connectivity index (χ1) is 36.2. The molecule has 0 aliphatic carbocycles. The first-order valence-electron chi connectivity index (χ1n) is 27.4. The van der Waals surface area contributed by atoms with Crippen LogP contribution in [0.3, 0.4) is 0 Å². The van der Waals surface area contributed by atoms with Crippen LogP contribution in [0.15, 0.2) is 146 Å². The summed E-state index contributed by atoms with van der Waals surface area (Å²) in [5.41, 5.74) is 10.9. The van der Waals surface area contributed by atoms with Crippen molar-refractivity contribution in [2.45, 2.75) is 97.2 Å². The standard InChI is InChI=1S/C43H35FN3S.C20H28GeN.Ir/c1-26(2)36-24-30(29-17-19-31(44)20-18-29)25-37(27(3)4)40(36)47-39-16-9-8-15-38(39)46-42(47)35-14-10-13-33-34-22-21-32(45-43(34)48-41(33)35)23-28-11-6-5-7-12-28;1-15-8-10-16(11-9-15)19-12-17(13-20(2,3)4)18(14-22-19)21(5,6)7;/h5-13,15-22,24-27H,23H2,1-4H3;8-10,12,14H,13H2,1-7H3;/q2*-1;/i23D2;1D3,13D2;. The molecule has 0 N–H and O–H groups in total. The Morgan fingerprint density at radius 1 is 0.775 bits per heavy atom. The molecule has 6 aromatic carbocycles. The van der Waals surface area contributed by atoms with Crippen LogP contribution in [0.1, 0.15) is 103 Å². The summed E-state index contributed by atoms with van der Waals surface area (Å²) in [6, 6.07) is 49.6. The van der Waals surface area contributed by atoms with Crippen molar-refractivity contribution in [1.82, 2.24) is 19.5 Å². The number of aromatic nitrogens is 4. The normalized spacial score (nSPS) is 14.0. The van der Waals surface area contributed by atoms with Crippen molar-refractivity contribution in [1.29, 1.82) is 0 Å². The molecule has 0 unspecified atom stereocenters. The van der Waals surface area contributed by atoms with Gasteiger partial charge in [0.15, 0.2) is 0 Å². The number of rotatable bonds is 10. The molecule has 0 aliphatic rings. The molecule has 8 heteroatoms. The first kappa shape index (κ1) is 43.1. The maximum Gasteiger partial charge on any atom is 0.123 e. The van der Waals surface area contributed by atoms with Gasteiger partial charge in [0.05, 0.1) is 16.9 Å². The van der Waals surface area contributed by atoms with E-state index in [1.54, 1.807) is 41.7 Å². The van der Waals surface area contributed by atoms with Crippen LogP contribution in [0, 0.1) is 30.2 Å². The second kappa shape index (κ2) is 21.3. The summed E-state index contributed by atoms with van der Waals surface area (Å²) in [6.45, 7) is 12.4. The van der Waals surface area contributed by atoms with Crippen molar-refractivity contribution >= 4 is 60.3 Å². The third-order valence-corrected chi connectivity index (χ3v) is 17.6. The molecule has 4 aromatic heterocycles. The van der Waals surface area contributed by atoms with Crippen molar-refractivity contribution < 1.29 is 34.1 Å². The van der Waals surface area contributed by atoms with Crippen molar-refractivity contribution in [3.8, 4) is 39.5 Å². The van der Waals surface area contributed by atoms with Gasteiger partial charge in [0, 0.05) is 40.6 Å². The van der Waals surface area contributed by atoms with Crippen LogP contribution in [0.25, 0.3) is 70.8 Å². The van der Waals surface area contributed by atoms with Crippen LogP contribution < -0.4 is 4.40 Å². The van der Waals surface area contributed by atoms with Gasteiger partial charge in [0.1, 0.15) is 10.6 Å². The molecule has 71 heavy (non-hydrogen) atoms. The van der Waals surface area contributed by atoms with Crippen molar-refractivity contribution in [2.24, 2.45) is 5.41 Å². The number of fused-ring (bicyclic) bond motifs is 4. The number of hydrogen-bond acceptors (Lipinski definition) is 4. The molecule has 1 radical (unpaired) electrons. The second-order valence-corrected chi connectivity index (χ2v) is 32.1. The topological polar surface area (TPSA) is 43.6 Å². The molecule has 0 bridgehead atoms. The molecule has 0 saturated carbocycles. The summed E-state index contributed by atoms with van der Waals surface area (Å²) in [7, 11) is 0. The third-order valence-electron chi connectivity index (χ3n) is 12.3. The Balaban J connectivity index is 0.000000244. The van der Waals surface area contributed by atoms with E-state index >= 15 is 0 Å². The van der Waals surface area contributed by atoms with Crippen LogP contribution in [0.4, 0.5) is 4.39 Å². The molecular weight excluding hydrogens is 1130 g/mol. The maximum absolute atomic E-state index is 13.9. The van der Waals surface area contributed by atoms with E-state index in [0.29, 0.717) is 28.1 Å². The minimum absolute atomic E-state index is 0. The summed E-state index contributed by atoms with van der Waals surface area (Å²) in [5.74, 6) is 7.61. The Morgan fingerprint density at radius 3 is 2.13 bits per heavy atom. The van der Waals surface area contributed by atoms with Crippen LogP contribution in [-0.4, -0.2) is 32.8 Å². The third kappa shape index (κ3) is 11.4. The smallest absolute Gasteiger partial charge is 0.123 e. The molecule has 0 atom stereocenters. The van der Waals surface area contributed by atoms with Gasteiger partial charge in [-0.3, -0.25) is 4.98 Å². The molecule has 4 nitrogen and oxygen atoms in total. The average molecular weight is 1200 g/mol. The number of thiophene rings is 1. The van der Waals surface area contributed by atoms with E-state index in [1.807, 2.05) is 81.6 Å². The van der Waals surface area contributed by atoms with E-state index in [4.69, 9.17) is 19.6 Å². The number of benzene rings is 6. The van der Waals surface area contributed by atoms with Crippen LogP contribution in [-0.2, 0) is 32.9 Å². The SMILES string of the molecule is [2H]C([2H])([2H])c1c[c-]c(-c2cc(C([2H])([2H])C(C)(C)C)[c]([Ge]([CH3])([CH3])[CH3])cn2)cc1.[2H]C([2H])(c1ccccc1)c1ccc2c(n1)sc1c(-c3nc4ccccc4n3-c3c(C(C)C)cc(-c4ccc(F)cc4)cc3C(C)C)[c-]ccc12.[Ir].